The van der Waals surface area contributed by atoms with Gasteiger partial charge in [0.1, 0.15) is 9.92 Å². The maximum atomic E-state index is 12.7. The monoisotopic (exact) mass is 430 g/mol. The molecule has 0 aliphatic carbocycles. The molecule has 0 unspecified atom stereocenters. The lowest BCUT2D eigenvalue weighted by atomic mass is 10.2. The van der Waals surface area contributed by atoms with E-state index in [0.717, 1.165) is 12.1 Å². The number of nitro groups is 1. The Hall–Kier alpha value is -2.56. The predicted molar refractivity (Wildman–Crippen MR) is 101 cm³/mol. The third-order valence-electron chi connectivity index (χ3n) is 3.75. The van der Waals surface area contributed by atoms with E-state index in [2.05, 4.69) is 10.0 Å². The molecule has 3 rings (SSSR count). The van der Waals surface area contributed by atoms with Gasteiger partial charge in [-0.25, -0.2) is 13.2 Å². The van der Waals surface area contributed by atoms with E-state index in [9.17, 15) is 23.3 Å². The van der Waals surface area contributed by atoms with Crippen molar-refractivity contribution in [1.82, 2.24) is 5.32 Å². The number of carbonyl (C=O) groups is 1. The van der Waals surface area contributed by atoms with Crippen LogP contribution in [0.2, 0.25) is 10.0 Å². The predicted octanol–water partition coefficient (Wildman–Crippen LogP) is 3.23. The minimum atomic E-state index is -4.23. The lowest BCUT2D eigenvalue weighted by Crippen LogP contribution is -2.27. The van der Waals surface area contributed by atoms with Crippen molar-refractivity contribution in [3.63, 3.8) is 0 Å². The number of amides is 2. The van der Waals surface area contributed by atoms with Crippen LogP contribution < -0.4 is 14.9 Å². The van der Waals surface area contributed by atoms with Crippen molar-refractivity contribution in [3.05, 3.63) is 56.6 Å². The van der Waals surface area contributed by atoms with E-state index in [4.69, 9.17) is 23.2 Å². The van der Waals surface area contributed by atoms with E-state index in [1.54, 1.807) is 12.1 Å². The Kier molecular flexibility index (Phi) is 5.13. The summed E-state index contributed by atoms with van der Waals surface area (Å²) in [5, 5.41) is 13.1. The molecule has 1 saturated heterocycles. The van der Waals surface area contributed by atoms with Crippen molar-refractivity contribution in [2.75, 3.05) is 22.7 Å². The van der Waals surface area contributed by atoms with Gasteiger partial charge in [-0.3, -0.25) is 19.7 Å². The van der Waals surface area contributed by atoms with E-state index in [0.29, 0.717) is 18.8 Å². The number of nitrogens with zero attached hydrogens (tertiary/aromatic N) is 2. The summed E-state index contributed by atoms with van der Waals surface area (Å²) in [4.78, 5) is 22.9. The maximum Gasteiger partial charge on any atom is 0.321 e. The van der Waals surface area contributed by atoms with Gasteiger partial charge in [0.05, 0.1) is 15.6 Å². The summed E-state index contributed by atoms with van der Waals surface area (Å²) >= 11 is 11.7. The molecule has 0 aromatic heterocycles. The highest BCUT2D eigenvalue weighted by Crippen LogP contribution is 2.34. The second-order valence-electron chi connectivity index (χ2n) is 5.53. The summed E-state index contributed by atoms with van der Waals surface area (Å²) in [6.07, 6.45) is 0. The molecule has 2 N–H and O–H groups in total. The summed E-state index contributed by atoms with van der Waals surface area (Å²) in [5.74, 6) is 0. The number of hydrogen-bond donors (Lipinski definition) is 2. The van der Waals surface area contributed by atoms with Crippen molar-refractivity contribution in [2.24, 2.45) is 0 Å². The van der Waals surface area contributed by atoms with Crippen LogP contribution in [-0.4, -0.2) is 32.5 Å². The molecule has 0 atom stereocenters. The summed E-state index contributed by atoms with van der Waals surface area (Å²) < 4.78 is 27.6. The fraction of sp³-hybridized carbons (Fsp3) is 0.133. The Labute approximate surface area is 164 Å². The zero-order chi connectivity index (χ0) is 19.8. The Morgan fingerprint density at radius 3 is 2.56 bits per heavy atom. The van der Waals surface area contributed by atoms with Crippen LogP contribution in [0.4, 0.5) is 21.9 Å². The second-order valence-corrected chi connectivity index (χ2v) is 8.00. The van der Waals surface area contributed by atoms with Crippen molar-refractivity contribution >= 4 is 56.3 Å². The highest BCUT2D eigenvalue weighted by atomic mass is 35.5. The van der Waals surface area contributed by atoms with Crippen LogP contribution in [0, 0.1) is 10.1 Å². The van der Waals surface area contributed by atoms with Crippen LogP contribution in [-0.2, 0) is 10.0 Å². The number of urea groups is 1. The molecule has 1 aliphatic heterocycles. The molecule has 0 radical (unpaired) electrons. The topological polar surface area (TPSA) is 122 Å². The van der Waals surface area contributed by atoms with Crippen molar-refractivity contribution in [2.45, 2.75) is 4.90 Å². The number of sulfonamides is 1. The van der Waals surface area contributed by atoms with Gasteiger partial charge in [-0.05, 0) is 24.3 Å². The molecule has 9 nitrogen and oxygen atoms in total. The SMILES string of the molecule is O=C1NCCN1c1cccc(NS(=O)(=O)c2cc([N+](=O)[O-])c(Cl)cc2Cl)c1. The van der Waals surface area contributed by atoms with E-state index in [1.807, 2.05) is 0 Å². The molecule has 0 saturated carbocycles. The van der Waals surface area contributed by atoms with Crippen LogP contribution in [0.5, 0.6) is 0 Å². The van der Waals surface area contributed by atoms with E-state index < -0.39 is 25.5 Å². The molecule has 0 spiro atoms. The number of halogens is 2. The fourth-order valence-electron chi connectivity index (χ4n) is 2.53. The third kappa shape index (κ3) is 3.92. The van der Waals surface area contributed by atoms with Gasteiger partial charge in [-0.15, -0.1) is 0 Å². The lowest BCUT2D eigenvalue weighted by Gasteiger charge is -2.16. The van der Waals surface area contributed by atoms with Crippen LogP contribution >= 0.6 is 23.2 Å². The van der Waals surface area contributed by atoms with Gasteiger partial charge in [-0.2, -0.15) is 0 Å². The van der Waals surface area contributed by atoms with E-state index >= 15 is 0 Å². The van der Waals surface area contributed by atoms with Crippen LogP contribution in [0.25, 0.3) is 0 Å². The first kappa shape index (κ1) is 19.2. The van der Waals surface area contributed by atoms with Gasteiger partial charge in [0.25, 0.3) is 15.7 Å². The van der Waals surface area contributed by atoms with Crippen molar-refractivity contribution in [1.29, 1.82) is 0 Å². The molecule has 2 amide bonds. The average Bonchev–Trinajstić information content (AvgIpc) is 3.00. The van der Waals surface area contributed by atoms with Gasteiger partial charge in [0.15, 0.2) is 0 Å². The number of benzene rings is 2. The summed E-state index contributed by atoms with van der Waals surface area (Å²) in [5.41, 5.74) is 0.0863. The molecule has 1 fully saturated rings. The molecule has 1 heterocycles. The highest BCUT2D eigenvalue weighted by molar-refractivity contribution is 7.92. The van der Waals surface area contributed by atoms with Gasteiger partial charge in [-0.1, -0.05) is 29.3 Å². The molecule has 27 heavy (non-hydrogen) atoms. The molecule has 12 heteroatoms. The Morgan fingerprint density at radius 1 is 1.19 bits per heavy atom. The van der Waals surface area contributed by atoms with Crippen molar-refractivity contribution in [3.8, 4) is 0 Å². The maximum absolute atomic E-state index is 12.7. The molecule has 2 aromatic carbocycles. The highest BCUT2D eigenvalue weighted by Gasteiger charge is 2.26. The number of hydrogen-bond acceptors (Lipinski definition) is 5. The largest absolute Gasteiger partial charge is 0.336 e. The molecule has 1 aliphatic rings. The number of anilines is 2. The molecule has 2 aromatic rings. The van der Waals surface area contributed by atoms with Crippen LogP contribution in [0.15, 0.2) is 41.3 Å². The first-order valence-electron chi connectivity index (χ1n) is 7.51. The molecule has 0 bridgehead atoms. The number of rotatable bonds is 5. The number of nitrogens with one attached hydrogen (secondary N) is 2. The van der Waals surface area contributed by atoms with Gasteiger partial charge >= 0.3 is 6.03 Å². The normalized spacial score (nSPS) is 14.1. The van der Waals surface area contributed by atoms with Crippen LogP contribution in [0.3, 0.4) is 0 Å². The standard InChI is InChI=1S/C15H12Cl2N4O5S/c16-11-7-12(17)14(8-13(11)21(23)24)27(25,26)19-9-2-1-3-10(6-9)20-5-4-18-15(20)22/h1-3,6-8,19H,4-5H2,(H,18,22). The zero-order valence-electron chi connectivity index (χ0n) is 13.5. The number of carbonyl (C=O) groups excluding carboxylic acids is 1. The van der Waals surface area contributed by atoms with Gasteiger partial charge < -0.3 is 5.32 Å². The van der Waals surface area contributed by atoms with Gasteiger partial charge in [0.2, 0.25) is 0 Å². The van der Waals surface area contributed by atoms with Gasteiger partial charge in [0, 0.05) is 24.8 Å². The second kappa shape index (κ2) is 7.22. The minimum Gasteiger partial charge on any atom is -0.336 e. The molecular formula is C15H12Cl2N4O5S. The summed E-state index contributed by atoms with van der Waals surface area (Å²) in [7, 11) is -4.23. The lowest BCUT2D eigenvalue weighted by molar-refractivity contribution is -0.384. The average molecular weight is 431 g/mol. The Morgan fingerprint density at radius 2 is 1.93 bits per heavy atom. The molecule has 142 valence electrons. The quantitative estimate of drug-likeness (QED) is 0.556. The minimum absolute atomic E-state index is 0.167. The first-order valence-corrected chi connectivity index (χ1v) is 9.74. The van der Waals surface area contributed by atoms with Crippen LogP contribution in [0.1, 0.15) is 0 Å². The Bertz CT molecular complexity index is 1040. The third-order valence-corrected chi connectivity index (χ3v) is 5.90. The summed E-state index contributed by atoms with van der Waals surface area (Å²) in [6.45, 7) is 0.934. The molecular weight excluding hydrogens is 419 g/mol. The van der Waals surface area contributed by atoms with E-state index in [-0.39, 0.29) is 21.8 Å². The van der Waals surface area contributed by atoms with Crippen molar-refractivity contribution < 1.29 is 18.1 Å². The first-order chi connectivity index (χ1) is 12.7. The zero-order valence-corrected chi connectivity index (χ0v) is 15.8. The number of nitro benzene ring substituents is 1. The smallest absolute Gasteiger partial charge is 0.321 e. The fourth-order valence-corrected chi connectivity index (χ4v) is 4.42. The summed E-state index contributed by atoms with van der Waals surface area (Å²) in [6, 6.07) is 7.69. The van der Waals surface area contributed by atoms with E-state index in [1.165, 1.54) is 17.0 Å². The Balaban J connectivity index is 1.95.